The molecule has 0 saturated carbocycles. The fourth-order valence-electron chi connectivity index (χ4n) is 2.62. The quantitative estimate of drug-likeness (QED) is 0.658. The molecule has 0 spiro atoms. The van der Waals surface area contributed by atoms with Crippen molar-refractivity contribution in [2.24, 2.45) is 0 Å². The van der Waals surface area contributed by atoms with Gasteiger partial charge in [-0.1, -0.05) is 18.6 Å². The van der Waals surface area contributed by atoms with E-state index in [2.05, 4.69) is 0 Å². The first kappa shape index (κ1) is 14.5. The molecule has 0 aliphatic carbocycles. The lowest BCUT2D eigenvalue weighted by molar-refractivity contribution is -0.384. The molecule has 1 fully saturated rings. The summed E-state index contributed by atoms with van der Waals surface area (Å²) in [6.07, 6.45) is 3.47. The maximum Gasteiger partial charge on any atom is 0.321 e. The zero-order valence-corrected chi connectivity index (χ0v) is 11.2. The molecule has 0 bridgehead atoms. The molecule has 1 aromatic carbocycles. The van der Waals surface area contributed by atoms with Crippen molar-refractivity contribution in [2.45, 2.75) is 31.7 Å². The Hall–Kier alpha value is -1.95. The maximum atomic E-state index is 11.4. The molecule has 1 saturated heterocycles. The van der Waals surface area contributed by atoms with Crippen LogP contribution in [0.15, 0.2) is 24.3 Å². The number of non-ortho nitro benzene ring substituents is 1. The topological polar surface area (TPSA) is 83.7 Å². The van der Waals surface area contributed by atoms with Crippen LogP contribution in [0.3, 0.4) is 0 Å². The molecular formula is C14H18N2O4. The summed E-state index contributed by atoms with van der Waals surface area (Å²) in [4.78, 5) is 23.7. The van der Waals surface area contributed by atoms with Gasteiger partial charge in [-0.3, -0.25) is 19.8 Å². The lowest BCUT2D eigenvalue weighted by atomic mass is 10.0. The third kappa shape index (κ3) is 3.54. The normalized spacial score (nSPS) is 17.6. The van der Waals surface area contributed by atoms with Gasteiger partial charge in [-0.2, -0.15) is 0 Å². The van der Waals surface area contributed by atoms with Crippen LogP contribution in [0.2, 0.25) is 0 Å². The van der Waals surface area contributed by atoms with Gasteiger partial charge in [0, 0.05) is 12.1 Å². The number of rotatable bonds is 5. The molecule has 1 aliphatic rings. The van der Waals surface area contributed by atoms with E-state index in [1.165, 1.54) is 12.1 Å². The van der Waals surface area contributed by atoms with Crippen molar-refractivity contribution in [3.8, 4) is 0 Å². The molecule has 20 heavy (non-hydrogen) atoms. The van der Waals surface area contributed by atoms with Crippen LogP contribution in [0.4, 0.5) is 5.69 Å². The Morgan fingerprint density at radius 1 is 1.35 bits per heavy atom. The van der Waals surface area contributed by atoms with E-state index >= 15 is 0 Å². The van der Waals surface area contributed by atoms with Crippen molar-refractivity contribution >= 4 is 11.7 Å². The van der Waals surface area contributed by atoms with E-state index in [1.54, 1.807) is 12.1 Å². The lowest BCUT2D eigenvalue weighted by Gasteiger charge is -2.32. The summed E-state index contributed by atoms with van der Waals surface area (Å²) < 4.78 is 0. The van der Waals surface area contributed by atoms with Crippen LogP contribution in [-0.4, -0.2) is 40.0 Å². The molecule has 6 nitrogen and oxygen atoms in total. The zero-order chi connectivity index (χ0) is 14.5. The Bertz CT molecular complexity index is 498. The molecule has 108 valence electrons. The highest BCUT2D eigenvalue weighted by Gasteiger charge is 2.27. The first-order valence-electron chi connectivity index (χ1n) is 6.78. The van der Waals surface area contributed by atoms with Gasteiger partial charge in [-0.25, -0.2) is 0 Å². The molecule has 1 aliphatic heterocycles. The van der Waals surface area contributed by atoms with Gasteiger partial charge >= 0.3 is 5.97 Å². The molecule has 0 aromatic heterocycles. The van der Waals surface area contributed by atoms with E-state index in [-0.39, 0.29) is 5.69 Å². The molecule has 2 rings (SSSR count). The summed E-state index contributed by atoms with van der Waals surface area (Å²) in [6, 6.07) is 5.62. The summed E-state index contributed by atoms with van der Waals surface area (Å²) in [6.45, 7) is 1.57. The Morgan fingerprint density at radius 2 is 2.05 bits per heavy atom. The van der Waals surface area contributed by atoms with Crippen molar-refractivity contribution in [1.82, 2.24) is 4.90 Å². The number of piperidine rings is 1. The van der Waals surface area contributed by atoms with Crippen molar-refractivity contribution in [1.29, 1.82) is 0 Å². The van der Waals surface area contributed by atoms with Crippen LogP contribution in [0.25, 0.3) is 0 Å². The van der Waals surface area contributed by atoms with Gasteiger partial charge in [0.1, 0.15) is 6.04 Å². The maximum absolute atomic E-state index is 11.4. The van der Waals surface area contributed by atoms with Gasteiger partial charge in [-0.05, 0) is 37.9 Å². The Balaban J connectivity index is 2.13. The number of carboxylic acid groups (broad SMARTS) is 1. The van der Waals surface area contributed by atoms with E-state index in [0.717, 1.165) is 32.4 Å². The first-order valence-corrected chi connectivity index (χ1v) is 6.78. The second-order valence-corrected chi connectivity index (χ2v) is 5.08. The molecule has 1 aromatic rings. The average molecular weight is 278 g/mol. The van der Waals surface area contributed by atoms with Gasteiger partial charge < -0.3 is 5.11 Å². The number of hydrogen-bond donors (Lipinski definition) is 1. The number of carboxylic acids is 1. The van der Waals surface area contributed by atoms with Crippen LogP contribution in [0.1, 0.15) is 24.8 Å². The average Bonchev–Trinajstić information content (AvgIpc) is 2.45. The molecule has 1 atom stereocenters. The highest BCUT2D eigenvalue weighted by molar-refractivity contribution is 5.74. The molecule has 0 amide bonds. The van der Waals surface area contributed by atoms with Crippen LogP contribution in [0.5, 0.6) is 0 Å². The SMILES string of the molecule is O=C(O)[C@H](Cc1cccc([N+](=O)[O-])c1)N1CCCCC1. The number of aliphatic carboxylic acids is 1. The standard InChI is InChI=1S/C14H18N2O4/c17-14(18)13(15-7-2-1-3-8-15)10-11-5-4-6-12(9-11)16(19)20/h4-6,9,13H,1-3,7-8,10H2,(H,17,18)/t13-/m0/s1. The Kier molecular flexibility index (Phi) is 4.68. The van der Waals surface area contributed by atoms with Gasteiger partial charge in [-0.15, -0.1) is 0 Å². The monoisotopic (exact) mass is 278 g/mol. The molecule has 1 heterocycles. The number of nitro benzene ring substituents is 1. The Labute approximate surface area is 117 Å². The van der Waals surface area contributed by atoms with Gasteiger partial charge in [0.05, 0.1) is 4.92 Å². The minimum Gasteiger partial charge on any atom is -0.480 e. The largest absolute Gasteiger partial charge is 0.480 e. The van der Waals surface area contributed by atoms with Crippen molar-refractivity contribution in [2.75, 3.05) is 13.1 Å². The summed E-state index contributed by atoms with van der Waals surface area (Å²) >= 11 is 0. The highest BCUT2D eigenvalue weighted by atomic mass is 16.6. The van der Waals surface area contributed by atoms with Crippen molar-refractivity contribution < 1.29 is 14.8 Å². The summed E-state index contributed by atoms with van der Waals surface area (Å²) in [5.74, 6) is -0.863. The predicted molar refractivity (Wildman–Crippen MR) is 73.6 cm³/mol. The van der Waals surface area contributed by atoms with E-state index in [1.807, 2.05) is 4.90 Å². The number of nitro groups is 1. The van der Waals surface area contributed by atoms with E-state index in [0.29, 0.717) is 12.0 Å². The van der Waals surface area contributed by atoms with Gasteiger partial charge in [0.25, 0.3) is 5.69 Å². The number of carbonyl (C=O) groups is 1. The highest BCUT2D eigenvalue weighted by Crippen LogP contribution is 2.19. The van der Waals surface area contributed by atoms with Gasteiger partial charge in [0.15, 0.2) is 0 Å². The zero-order valence-electron chi connectivity index (χ0n) is 11.2. The molecule has 6 heteroatoms. The predicted octanol–water partition coefficient (Wildman–Crippen LogP) is 2.08. The van der Waals surface area contributed by atoms with E-state index in [4.69, 9.17) is 0 Å². The van der Waals surface area contributed by atoms with Crippen LogP contribution in [0, 0.1) is 10.1 Å². The smallest absolute Gasteiger partial charge is 0.321 e. The van der Waals surface area contributed by atoms with Crippen molar-refractivity contribution in [3.05, 3.63) is 39.9 Å². The number of benzene rings is 1. The van der Waals surface area contributed by atoms with Gasteiger partial charge in [0.2, 0.25) is 0 Å². The number of hydrogen-bond acceptors (Lipinski definition) is 4. The lowest BCUT2D eigenvalue weighted by Crippen LogP contribution is -2.45. The molecular weight excluding hydrogens is 260 g/mol. The summed E-state index contributed by atoms with van der Waals surface area (Å²) in [7, 11) is 0. The summed E-state index contributed by atoms with van der Waals surface area (Å²) in [5.41, 5.74) is 0.697. The van der Waals surface area contributed by atoms with Crippen LogP contribution >= 0.6 is 0 Å². The fourth-order valence-corrected chi connectivity index (χ4v) is 2.62. The third-order valence-electron chi connectivity index (χ3n) is 3.67. The number of likely N-dealkylation sites (tertiary alicyclic amines) is 1. The molecule has 1 N–H and O–H groups in total. The van der Waals surface area contributed by atoms with Crippen molar-refractivity contribution in [3.63, 3.8) is 0 Å². The van der Waals surface area contributed by atoms with Crippen LogP contribution in [-0.2, 0) is 11.2 Å². The summed E-state index contributed by atoms with van der Waals surface area (Å²) in [5, 5.41) is 20.1. The minimum atomic E-state index is -0.863. The van der Waals surface area contributed by atoms with Crippen LogP contribution < -0.4 is 0 Å². The fraction of sp³-hybridized carbons (Fsp3) is 0.500. The second-order valence-electron chi connectivity index (χ2n) is 5.08. The van der Waals surface area contributed by atoms with E-state index in [9.17, 15) is 20.0 Å². The molecule has 0 unspecified atom stereocenters. The van der Waals surface area contributed by atoms with E-state index < -0.39 is 16.9 Å². The third-order valence-corrected chi connectivity index (χ3v) is 3.67. The minimum absolute atomic E-state index is 0.00489. The first-order chi connectivity index (χ1) is 9.58. The number of nitrogens with zero attached hydrogens (tertiary/aromatic N) is 2. The molecule has 0 radical (unpaired) electrons. The Morgan fingerprint density at radius 3 is 2.65 bits per heavy atom. The second kappa shape index (κ2) is 6.47.